The summed E-state index contributed by atoms with van der Waals surface area (Å²) >= 11 is 0. The molecule has 0 amide bonds. The van der Waals surface area contributed by atoms with E-state index in [1.165, 1.54) is 5.56 Å². The Morgan fingerprint density at radius 2 is 1.83 bits per heavy atom. The van der Waals surface area contributed by atoms with Crippen LogP contribution in [0.1, 0.15) is 24.5 Å². The first kappa shape index (κ1) is 12.7. The summed E-state index contributed by atoms with van der Waals surface area (Å²) < 4.78 is 5.50. The Hall–Kier alpha value is -1.78. The molecule has 1 aromatic rings. The minimum atomic E-state index is -0.554. The van der Waals surface area contributed by atoms with E-state index in [2.05, 4.69) is 55.2 Å². The Kier molecular flexibility index (Phi) is 4.02. The van der Waals surface area contributed by atoms with Crippen molar-refractivity contribution in [1.29, 1.82) is 0 Å². The second-order valence-corrected chi connectivity index (χ2v) is 4.34. The van der Waals surface area contributed by atoms with Crippen molar-refractivity contribution in [2.75, 3.05) is 7.11 Å². The van der Waals surface area contributed by atoms with Gasteiger partial charge in [0.25, 0.3) is 0 Å². The maximum absolute atomic E-state index is 5.50. The summed E-state index contributed by atoms with van der Waals surface area (Å²) in [5, 5.41) is 0. The molecule has 2 rings (SSSR count). The summed E-state index contributed by atoms with van der Waals surface area (Å²) in [5.74, 6) is 6.37. The quantitative estimate of drug-likeness (QED) is 0.566. The molecule has 0 unspecified atom stereocenters. The van der Waals surface area contributed by atoms with E-state index < -0.39 is 5.60 Å². The maximum atomic E-state index is 5.50. The van der Waals surface area contributed by atoms with E-state index in [-0.39, 0.29) is 0 Å². The largest absolute Gasteiger partial charge is 0.358 e. The summed E-state index contributed by atoms with van der Waals surface area (Å²) in [6.45, 7) is 2.15. The lowest BCUT2D eigenvalue weighted by Crippen LogP contribution is -2.25. The fourth-order valence-electron chi connectivity index (χ4n) is 1.88. The molecule has 92 valence electrons. The van der Waals surface area contributed by atoms with E-state index >= 15 is 0 Å². The first-order chi connectivity index (χ1) is 8.78. The molecule has 0 radical (unpaired) electrons. The zero-order valence-electron chi connectivity index (χ0n) is 10.9. The van der Waals surface area contributed by atoms with Crippen molar-refractivity contribution in [2.24, 2.45) is 0 Å². The number of hydrogen-bond acceptors (Lipinski definition) is 1. The van der Waals surface area contributed by atoms with Crippen LogP contribution in [0.25, 0.3) is 0 Å². The topological polar surface area (TPSA) is 9.23 Å². The molecule has 0 fully saturated rings. The Morgan fingerprint density at radius 3 is 2.39 bits per heavy atom. The van der Waals surface area contributed by atoms with E-state index in [0.717, 1.165) is 18.4 Å². The lowest BCUT2D eigenvalue weighted by Gasteiger charge is -2.21. The molecule has 0 heterocycles. The maximum Gasteiger partial charge on any atom is 0.165 e. The van der Waals surface area contributed by atoms with E-state index in [4.69, 9.17) is 4.74 Å². The molecule has 1 aromatic carbocycles. The number of aryl methyl sites for hydroxylation is 1. The highest BCUT2D eigenvalue weighted by atomic mass is 16.5. The molecule has 0 N–H and O–H groups in total. The molecule has 0 atom stereocenters. The van der Waals surface area contributed by atoms with Crippen molar-refractivity contribution in [3.05, 3.63) is 59.7 Å². The van der Waals surface area contributed by atoms with Gasteiger partial charge in [0.05, 0.1) is 0 Å². The van der Waals surface area contributed by atoms with Crippen LogP contribution in [0.15, 0.2) is 48.6 Å². The minimum absolute atomic E-state index is 0.554. The second-order valence-electron chi connectivity index (χ2n) is 4.34. The summed E-state index contributed by atoms with van der Waals surface area (Å²) in [5.41, 5.74) is 1.80. The van der Waals surface area contributed by atoms with Crippen molar-refractivity contribution in [3.63, 3.8) is 0 Å². The van der Waals surface area contributed by atoms with Crippen LogP contribution < -0.4 is 0 Å². The lowest BCUT2D eigenvalue weighted by molar-refractivity contribution is 0.122. The highest BCUT2D eigenvalue weighted by Gasteiger charge is 2.20. The number of ether oxygens (including phenoxy) is 1. The molecule has 1 nitrogen and oxygen atoms in total. The number of allylic oxidation sites excluding steroid dienone is 2. The molecule has 0 saturated carbocycles. The zero-order chi connectivity index (χ0) is 12.8. The molecule has 0 saturated heterocycles. The van der Waals surface area contributed by atoms with Gasteiger partial charge in [-0.05, 0) is 42.7 Å². The van der Waals surface area contributed by atoms with Crippen molar-refractivity contribution in [2.45, 2.75) is 25.4 Å². The molecule has 0 spiro atoms. The van der Waals surface area contributed by atoms with Gasteiger partial charge in [-0.1, -0.05) is 43.0 Å². The van der Waals surface area contributed by atoms with E-state index in [0.29, 0.717) is 0 Å². The van der Waals surface area contributed by atoms with Gasteiger partial charge in [-0.3, -0.25) is 0 Å². The standard InChI is InChI=1S/C17H18O/c1-3-15-7-9-16(10-8-15)11-14-17(18-2)12-5-4-6-13-17/h5-10,12-13H,3-4H2,1-2H3. The van der Waals surface area contributed by atoms with Crippen LogP contribution in [0.3, 0.4) is 0 Å². The summed E-state index contributed by atoms with van der Waals surface area (Å²) in [6, 6.07) is 8.36. The fourth-order valence-corrected chi connectivity index (χ4v) is 1.88. The molecule has 0 aromatic heterocycles. The average molecular weight is 238 g/mol. The number of hydrogen-bond donors (Lipinski definition) is 0. The molecule has 18 heavy (non-hydrogen) atoms. The molecule has 1 aliphatic rings. The second kappa shape index (κ2) is 5.71. The molecule has 0 bridgehead atoms. The van der Waals surface area contributed by atoms with Crippen LogP contribution in [0.4, 0.5) is 0 Å². The van der Waals surface area contributed by atoms with Crippen molar-refractivity contribution in [1.82, 2.24) is 0 Å². The summed E-state index contributed by atoms with van der Waals surface area (Å²) in [7, 11) is 1.69. The summed E-state index contributed by atoms with van der Waals surface area (Å²) in [4.78, 5) is 0. The summed E-state index contributed by atoms with van der Waals surface area (Å²) in [6.07, 6.45) is 10.2. The highest BCUT2D eigenvalue weighted by Crippen LogP contribution is 2.18. The Bertz CT molecular complexity index is 497. The molecular weight excluding hydrogens is 220 g/mol. The monoisotopic (exact) mass is 238 g/mol. The van der Waals surface area contributed by atoms with Gasteiger partial charge in [0.15, 0.2) is 5.60 Å². The predicted octanol–water partition coefficient (Wildman–Crippen LogP) is 3.50. The Balaban J connectivity index is 2.21. The lowest BCUT2D eigenvalue weighted by atomic mass is 9.98. The van der Waals surface area contributed by atoms with Crippen molar-refractivity contribution < 1.29 is 4.74 Å². The number of rotatable bonds is 2. The molecule has 1 heteroatoms. The minimum Gasteiger partial charge on any atom is -0.358 e. The molecule has 0 aliphatic heterocycles. The van der Waals surface area contributed by atoms with E-state index in [9.17, 15) is 0 Å². The number of methoxy groups -OCH3 is 1. The normalized spacial score (nSPS) is 16.1. The van der Waals surface area contributed by atoms with Gasteiger partial charge < -0.3 is 4.74 Å². The predicted molar refractivity (Wildman–Crippen MR) is 75.3 cm³/mol. The van der Waals surface area contributed by atoms with Crippen LogP contribution in [0, 0.1) is 11.8 Å². The van der Waals surface area contributed by atoms with Gasteiger partial charge >= 0.3 is 0 Å². The highest BCUT2D eigenvalue weighted by molar-refractivity contribution is 5.43. The van der Waals surface area contributed by atoms with Gasteiger partial charge in [-0.15, -0.1) is 0 Å². The van der Waals surface area contributed by atoms with Gasteiger partial charge in [-0.2, -0.15) is 0 Å². The van der Waals surface area contributed by atoms with Crippen LogP contribution in [-0.4, -0.2) is 12.7 Å². The third-order valence-corrected chi connectivity index (χ3v) is 3.11. The third-order valence-electron chi connectivity index (χ3n) is 3.11. The SMILES string of the molecule is CCc1ccc(C#CC2(OC)C=CCC=C2)cc1. The van der Waals surface area contributed by atoms with Crippen LogP contribution in [-0.2, 0) is 11.2 Å². The van der Waals surface area contributed by atoms with Crippen LogP contribution in [0.5, 0.6) is 0 Å². The van der Waals surface area contributed by atoms with Crippen LogP contribution >= 0.6 is 0 Å². The van der Waals surface area contributed by atoms with Gasteiger partial charge in [0.1, 0.15) is 0 Å². The van der Waals surface area contributed by atoms with Gasteiger partial charge in [0.2, 0.25) is 0 Å². The van der Waals surface area contributed by atoms with E-state index in [1.54, 1.807) is 7.11 Å². The van der Waals surface area contributed by atoms with E-state index in [1.807, 2.05) is 12.2 Å². The van der Waals surface area contributed by atoms with Crippen molar-refractivity contribution >= 4 is 0 Å². The third kappa shape index (κ3) is 2.91. The smallest absolute Gasteiger partial charge is 0.165 e. The average Bonchev–Trinajstić information content (AvgIpc) is 2.47. The molecular formula is C17H18O. The Morgan fingerprint density at radius 1 is 1.17 bits per heavy atom. The van der Waals surface area contributed by atoms with Crippen LogP contribution in [0.2, 0.25) is 0 Å². The fraction of sp³-hybridized carbons (Fsp3) is 0.294. The van der Waals surface area contributed by atoms with Gasteiger partial charge in [-0.25, -0.2) is 0 Å². The first-order valence-electron chi connectivity index (χ1n) is 6.30. The zero-order valence-corrected chi connectivity index (χ0v) is 10.9. The number of benzene rings is 1. The molecule has 1 aliphatic carbocycles. The first-order valence-corrected chi connectivity index (χ1v) is 6.30. The Labute approximate surface area is 109 Å². The van der Waals surface area contributed by atoms with Crippen molar-refractivity contribution in [3.8, 4) is 11.8 Å². The van der Waals surface area contributed by atoms with Gasteiger partial charge in [0, 0.05) is 12.7 Å².